The van der Waals surface area contributed by atoms with Gasteiger partial charge in [0.1, 0.15) is 0 Å². The van der Waals surface area contributed by atoms with E-state index in [-0.39, 0.29) is 5.78 Å². The summed E-state index contributed by atoms with van der Waals surface area (Å²) in [5.74, 6) is 0.196. The molecular formula is C18H40O3Si3. The van der Waals surface area contributed by atoms with Crippen molar-refractivity contribution in [3.8, 4) is 0 Å². The van der Waals surface area contributed by atoms with Crippen LogP contribution in [0, 0.1) is 0 Å². The van der Waals surface area contributed by atoms with Crippen LogP contribution in [0.4, 0.5) is 0 Å². The minimum atomic E-state index is -1.67. The van der Waals surface area contributed by atoms with Gasteiger partial charge in [0.2, 0.25) is 0 Å². The lowest BCUT2D eigenvalue weighted by atomic mass is 10.1. The number of hydrogen-bond acceptors (Lipinski definition) is 3. The third kappa shape index (κ3) is 11.5. The second-order valence-electron chi connectivity index (χ2n) is 9.20. The number of rotatable bonds is 13. The highest BCUT2D eigenvalue weighted by atomic mass is 28.4. The molecule has 0 atom stereocenters. The Morgan fingerprint density at radius 3 is 2.04 bits per heavy atom. The summed E-state index contributed by atoms with van der Waals surface area (Å²) in [6.45, 7) is 20.0. The first-order valence-corrected chi connectivity index (χ1v) is 18.9. The van der Waals surface area contributed by atoms with Crippen LogP contribution in [0.2, 0.25) is 57.0 Å². The van der Waals surface area contributed by atoms with E-state index in [9.17, 15) is 4.79 Å². The van der Waals surface area contributed by atoms with Gasteiger partial charge in [-0.25, -0.2) is 0 Å². The van der Waals surface area contributed by atoms with Crippen molar-refractivity contribution in [3.05, 3.63) is 12.2 Å². The van der Waals surface area contributed by atoms with Gasteiger partial charge in [-0.2, -0.15) is 0 Å². The topological polar surface area (TPSA) is 46.5 Å². The molecule has 0 aliphatic heterocycles. The van der Waals surface area contributed by atoms with Crippen LogP contribution >= 0.6 is 0 Å². The molecule has 0 aromatic rings. The molecular weight excluding hydrogens is 348 g/mol. The van der Waals surface area contributed by atoms with Crippen molar-refractivity contribution in [3.63, 3.8) is 0 Å². The molecule has 0 fully saturated rings. The first-order chi connectivity index (χ1) is 10.8. The third-order valence-corrected chi connectivity index (χ3v) is 19.3. The predicted octanol–water partition coefficient (Wildman–Crippen LogP) is 5.36. The van der Waals surface area contributed by atoms with Crippen molar-refractivity contribution >= 4 is 30.5 Å². The number of allylic oxidation sites excluding steroid dienone is 1. The lowest BCUT2D eigenvalue weighted by Crippen LogP contribution is -2.49. The van der Waals surface area contributed by atoms with Crippen LogP contribution in [-0.4, -0.2) is 42.2 Å². The molecule has 0 radical (unpaired) electrons. The zero-order chi connectivity index (χ0) is 19.0. The summed E-state index contributed by atoms with van der Waals surface area (Å²) in [6.07, 6.45) is 3.58. The Kier molecular flexibility index (Phi) is 10.2. The zero-order valence-electron chi connectivity index (χ0n) is 17.1. The van der Waals surface area contributed by atoms with Gasteiger partial charge in [0.15, 0.2) is 22.4 Å². The molecule has 142 valence electrons. The van der Waals surface area contributed by atoms with Gasteiger partial charge in [-0.1, -0.05) is 32.1 Å². The van der Waals surface area contributed by atoms with E-state index in [1.165, 1.54) is 11.7 Å². The third-order valence-electron chi connectivity index (χ3n) is 4.38. The molecule has 24 heavy (non-hydrogen) atoms. The Morgan fingerprint density at radius 1 is 0.958 bits per heavy atom. The number of hydrogen-bond donors (Lipinski definition) is 1. The van der Waals surface area contributed by atoms with Crippen LogP contribution in [0.5, 0.6) is 0 Å². The first kappa shape index (κ1) is 24.0. The molecule has 0 saturated heterocycles. The van der Waals surface area contributed by atoms with E-state index in [2.05, 4.69) is 45.9 Å². The maximum Gasteiger partial charge on any atom is 0.173 e. The first-order valence-electron chi connectivity index (χ1n) is 9.30. The Balaban J connectivity index is 4.39. The summed E-state index contributed by atoms with van der Waals surface area (Å²) in [5.41, 5.74) is 1.94. The molecule has 0 aromatic heterocycles. The summed E-state index contributed by atoms with van der Waals surface area (Å²) in [6, 6.07) is 2.32. The van der Waals surface area contributed by atoms with Crippen molar-refractivity contribution < 1.29 is 14.0 Å². The van der Waals surface area contributed by atoms with Crippen LogP contribution < -0.4 is 0 Å². The Morgan fingerprint density at radius 2 is 1.54 bits per heavy atom. The monoisotopic (exact) mass is 388 g/mol. The quantitative estimate of drug-likeness (QED) is 0.262. The molecule has 3 nitrogen and oxygen atoms in total. The predicted molar refractivity (Wildman–Crippen MR) is 113 cm³/mol. The summed E-state index contributed by atoms with van der Waals surface area (Å²) in [7, 11) is -4.61. The Hall–Kier alpha value is -0.0194. The van der Waals surface area contributed by atoms with E-state index in [1.54, 1.807) is 6.92 Å². The summed E-state index contributed by atoms with van der Waals surface area (Å²) >= 11 is 0. The highest BCUT2D eigenvalue weighted by Crippen LogP contribution is 2.29. The minimum Gasteiger partial charge on any atom is -0.456 e. The van der Waals surface area contributed by atoms with Gasteiger partial charge in [-0.3, -0.25) is 4.79 Å². The van der Waals surface area contributed by atoms with E-state index in [1.807, 2.05) is 0 Å². The molecule has 1 N–H and O–H groups in total. The number of unbranched alkanes of at least 4 members (excludes halogenated alkanes) is 1. The maximum absolute atomic E-state index is 11.6. The van der Waals surface area contributed by atoms with Gasteiger partial charge in [-0.15, -0.1) is 0 Å². The molecule has 0 rings (SSSR count). The molecule has 0 aliphatic rings. The van der Waals surface area contributed by atoms with E-state index >= 15 is 0 Å². The average Bonchev–Trinajstić information content (AvgIpc) is 2.38. The second kappa shape index (κ2) is 10.2. The standard InChI is InChI=1S/C18H40O3Si3/c1-17(2)18(20)12-9-10-15-23(5,6)21-24(7,8)16-22(3,4)14-11-13-19/h19H,1,9-16H2,2-8H3. The largest absolute Gasteiger partial charge is 0.456 e. The number of carbonyl (C=O) groups is 1. The normalized spacial score (nSPS) is 13.2. The highest BCUT2D eigenvalue weighted by Gasteiger charge is 2.37. The summed E-state index contributed by atoms with van der Waals surface area (Å²) in [4.78, 5) is 11.6. The lowest BCUT2D eigenvalue weighted by Gasteiger charge is -2.38. The molecule has 0 spiro atoms. The van der Waals surface area contributed by atoms with Gasteiger partial charge in [0.25, 0.3) is 0 Å². The van der Waals surface area contributed by atoms with Gasteiger partial charge >= 0.3 is 0 Å². The molecule has 0 amide bonds. The molecule has 0 bridgehead atoms. The van der Waals surface area contributed by atoms with E-state index in [0.717, 1.165) is 25.3 Å². The minimum absolute atomic E-state index is 0.196. The lowest BCUT2D eigenvalue weighted by molar-refractivity contribution is -0.115. The van der Waals surface area contributed by atoms with Crippen molar-refractivity contribution in [1.29, 1.82) is 0 Å². The molecule has 0 aromatic carbocycles. The Bertz CT molecular complexity index is 418. The fourth-order valence-electron chi connectivity index (χ4n) is 3.68. The fraction of sp³-hybridized carbons (Fsp3) is 0.833. The molecule has 0 saturated carbocycles. The SMILES string of the molecule is C=C(C)C(=O)CCCC[Si](C)(C)O[Si](C)(C)C[Si](C)(C)CCCO. The van der Waals surface area contributed by atoms with E-state index in [4.69, 9.17) is 9.22 Å². The van der Waals surface area contributed by atoms with Gasteiger partial charge < -0.3 is 9.22 Å². The van der Waals surface area contributed by atoms with Crippen LogP contribution in [0.25, 0.3) is 0 Å². The van der Waals surface area contributed by atoms with Crippen LogP contribution in [0.3, 0.4) is 0 Å². The van der Waals surface area contributed by atoms with Gasteiger partial charge in [0, 0.05) is 21.1 Å². The van der Waals surface area contributed by atoms with Gasteiger partial charge in [-0.05, 0) is 63.2 Å². The maximum atomic E-state index is 11.6. The van der Waals surface area contributed by atoms with Crippen molar-refractivity contribution in [2.24, 2.45) is 0 Å². The number of aliphatic hydroxyl groups is 1. The highest BCUT2D eigenvalue weighted by molar-refractivity contribution is 6.96. The smallest absolute Gasteiger partial charge is 0.173 e. The van der Waals surface area contributed by atoms with Crippen molar-refractivity contribution in [2.45, 2.75) is 89.6 Å². The molecule has 0 unspecified atom stereocenters. The molecule has 0 aliphatic carbocycles. The van der Waals surface area contributed by atoms with Gasteiger partial charge in [0.05, 0.1) is 0 Å². The molecule has 6 heteroatoms. The van der Waals surface area contributed by atoms with Crippen molar-refractivity contribution in [1.82, 2.24) is 0 Å². The number of carbonyl (C=O) groups excluding carboxylic acids is 1. The van der Waals surface area contributed by atoms with Crippen LogP contribution in [-0.2, 0) is 8.91 Å². The number of Topliss-reactive ketones (excluding diaryl/α,β-unsaturated/α-hetero) is 1. The Labute approximate surface area is 153 Å². The van der Waals surface area contributed by atoms with E-state index in [0.29, 0.717) is 18.6 Å². The fourth-order valence-corrected chi connectivity index (χ4v) is 23.2. The van der Waals surface area contributed by atoms with Crippen LogP contribution in [0.15, 0.2) is 12.2 Å². The summed E-state index contributed by atoms with van der Waals surface area (Å²) in [5, 5.41) is 9.09. The second-order valence-corrected chi connectivity index (χ2v) is 23.8. The van der Waals surface area contributed by atoms with Crippen LogP contribution in [0.1, 0.15) is 32.6 Å². The van der Waals surface area contributed by atoms with E-state index < -0.39 is 24.7 Å². The number of aliphatic hydroxyl groups excluding tert-OH is 1. The van der Waals surface area contributed by atoms with Crippen molar-refractivity contribution in [2.75, 3.05) is 6.61 Å². The summed E-state index contributed by atoms with van der Waals surface area (Å²) < 4.78 is 6.74. The zero-order valence-corrected chi connectivity index (χ0v) is 20.1. The number of ketones is 1. The molecule has 0 heterocycles. The average molecular weight is 389 g/mol.